The van der Waals surface area contributed by atoms with Gasteiger partial charge in [-0.15, -0.1) is 0 Å². The van der Waals surface area contributed by atoms with E-state index in [1.165, 1.54) is 42.5 Å². The number of aromatic hydroxyl groups is 1. The first-order chi connectivity index (χ1) is 15.8. The highest BCUT2D eigenvalue weighted by molar-refractivity contribution is 7.91. The highest BCUT2D eigenvalue weighted by atomic mass is 32.2. The molecule has 0 spiro atoms. The largest absolute Gasteiger partial charge is 0.506 e. The molecule has 9 heteroatoms. The molecule has 0 bridgehead atoms. The molecule has 0 unspecified atom stereocenters. The van der Waals surface area contributed by atoms with Crippen molar-refractivity contribution in [3.8, 4) is 11.5 Å². The molecule has 0 saturated heterocycles. The zero-order chi connectivity index (χ0) is 23.6. The van der Waals surface area contributed by atoms with E-state index in [0.29, 0.717) is 18.0 Å². The zero-order valence-electron chi connectivity index (χ0n) is 17.5. The van der Waals surface area contributed by atoms with Gasteiger partial charge in [0.15, 0.2) is 4.90 Å². The third-order valence-electron chi connectivity index (χ3n) is 4.95. The summed E-state index contributed by atoms with van der Waals surface area (Å²) in [5.41, 5.74) is -0.0916. The van der Waals surface area contributed by atoms with Crippen molar-refractivity contribution in [3.05, 3.63) is 88.7 Å². The van der Waals surface area contributed by atoms with Crippen LogP contribution in [0.15, 0.2) is 87.4 Å². The Morgan fingerprint density at radius 1 is 1.03 bits per heavy atom. The van der Waals surface area contributed by atoms with Crippen LogP contribution in [0.5, 0.6) is 11.5 Å². The van der Waals surface area contributed by atoms with Gasteiger partial charge in [-0.25, -0.2) is 8.42 Å². The van der Waals surface area contributed by atoms with E-state index in [1.54, 1.807) is 30.3 Å². The van der Waals surface area contributed by atoms with Gasteiger partial charge in [0.1, 0.15) is 11.5 Å². The summed E-state index contributed by atoms with van der Waals surface area (Å²) in [5, 5.41) is 13.5. The summed E-state index contributed by atoms with van der Waals surface area (Å²) in [4.78, 5) is 26.9. The fourth-order valence-corrected chi connectivity index (χ4v) is 4.79. The van der Waals surface area contributed by atoms with E-state index >= 15 is 0 Å². The van der Waals surface area contributed by atoms with Crippen molar-refractivity contribution in [2.24, 2.45) is 0 Å². The summed E-state index contributed by atoms with van der Waals surface area (Å²) in [6, 6.07) is 18.4. The van der Waals surface area contributed by atoms with Crippen molar-refractivity contribution in [3.63, 3.8) is 0 Å². The van der Waals surface area contributed by atoms with Crippen molar-refractivity contribution in [1.29, 1.82) is 0 Å². The Labute approximate surface area is 189 Å². The van der Waals surface area contributed by atoms with Crippen molar-refractivity contribution in [2.75, 3.05) is 11.9 Å². The molecule has 0 saturated carbocycles. The molecule has 1 heterocycles. The van der Waals surface area contributed by atoms with Gasteiger partial charge in [-0.1, -0.05) is 18.2 Å². The zero-order valence-corrected chi connectivity index (χ0v) is 18.3. The molecule has 33 heavy (non-hydrogen) atoms. The van der Waals surface area contributed by atoms with E-state index in [4.69, 9.17) is 4.74 Å². The fourth-order valence-electron chi connectivity index (χ4n) is 3.38. The molecule has 3 aromatic carbocycles. The van der Waals surface area contributed by atoms with E-state index in [2.05, 4.69) is 10.3 Å². The van der Waals surface area contributed by atoms with Crippen molar-refractivity contribution in [1.82, 2.24) is 4.98 Å². The number of aromatic amines is 1. The van der Waals surface area contributed by atoms with Crippen LogP contribution in [0.1, 0.15) is 17.3 Å². The van der Waals surface area contributed by atoms with Crippen LogP contribution in [0.25, 0.3) is 10.9 Å². The van der Waals surface area contributed by atoms with Gasteiger partial charge in [-0.3, -0.25) is 9.59 Å². The number of anilines is 1. The monoisotopic (exact) mass is 464 g/mol. The number of aromatic nitrogens is 1. The first-order valence-corrected chi connectivity index (χ1v) is 11.5. The van der Waals surface area contributed by atoms with Crippen molar-refractivity contribution in [2.45, 2.75) is 16.7 Å². The number of carbonyl (C=O) groups is 1. The van der Waals surface area contributed by atoms with Crippen LogP contribution in [-0.2, 0) is 9.84 Å². The molecule has 4 rings (SSSR count). The minimum absolute atomic E-state index is 0.0988. The predicted octanol–water partition coefficient (Wildman–Crippen LogP) is 3.72. The molecule has 168 valence electrons. The third-order valence-corrected chi connectivity index (χ3v) is 6.76. The number of ether oxygens (including phenoxy) is 1. The van der Waals surface area contributed by atoms with Crippen LogP contribution in [-0.4, -0.2) is 31.0 Å². The maximum atomic E-state index is 12.9. The minimum Gasteiger partial charge on any atom is -0.506 e. The molecule has 4 aromatic rings. The predicted molar refractivity (Wildman–Crippen MR) is 124 cm³/mol. The highest BCUT2D eigenvalue weighted by Crippen LogP contribution is 2.32. The van der Waals surface area contributed by atoms with Gasteiger partial charge in [0.2, 0.25) is 9.84 Å². The van der Waals surface area contributed by atoms with Crippen LogP contribution in [0.3, 0.4) is 0 Å². The lowest BCUT2D eigenvalue weighted by atomic mass is 10.1. The number of sulfone groups is 1. The number of benzene rings is 3. The lowest BCUT2D eigenvalue weighted by Crippen LogP contribution is -2.18. The van der Waals surface area contributed by atoms with Gasteiger partial charge in [0.25, 0.3) is 11.5 Å². The molecule has 1 amide bonds. The van der Waals surface area contributed by atoms with Crippen LogP contribution < -0.4 is 15.6 Å². The number of pyridine rings is 1. The van der Waals surface area contributed by atoms with Gasteiger partial charge in [-0.2, -0.15) is 0 Å². The van der Waals surface area contributed by atoms with Gasteiger partial charge in [0.05, 0.1) is 17.0 Å². The van der Waals surface area contributed by atoms with Gasteiger partial charge in [0, 0.05) is 16.6 Å². The van der Waals surface area contributed by atoms with Crippen LogP contribution in [0.2, 0.25) is 0 Å². The maximum absolute atomic E-state index is 12.9. The number of nitrogens with one attached hydrogen (secondary N) is 2. The number of H-pyrrole nitrogens is 1. The average molecular weight is 464 g/mol. The molecule has 0 radical (unpaired) electrons. The Balaban J connectivity index is 1.68. The topological polar surface area (TPSA) is 126 Å². The molecule has 0 fully saturated rings. The molecular formula is C24H20N2O6S. The van der Waals surface area contributed by atoms with E-state index in [9.17, 15) is 23.1 Å². The Morgan fingerprint density at radius 2 is 1.73 bits per heavy atom. The number of carbonyl (C=O) groups excluding carboxylic acids is 1. The average Bonchev–Trinajstić information content (AvgIpc) is 2.80. The number of amides is 1. The standard InChI is InChI=1S/C24H20N2O6S/c1-2-32-17-11-9-16(10-12-17)25-23(28)15-8-13-19-20(14-15)26-24(29)22(21(19)27)33(30,31)18-6-4-3-5-7-18/h3-14H,2H2,1H3,(H,25,28)(H2,26,27,29). The van der Waals surface area contributed by atoms with Gasteiger partial charge in [-0.05, 0) is 61.5 Å². The van der Waals surface area contributed by atoms with Crippen molar-refractivity contribution < 1.29 is 23.1 Å². The number of hydrogen-bond donors (Lipinski definition) is 3. The molecule has 8 nitrogen and oxygen atoms in total. The number of hydrogen-bond acceptors (Lipinski definition) is 6. The third kappa shape index (κ3) is 4.31. The molecule has 3 N–H and O–H groups in total. The number of fused-ring (bicyclic) bond motifs is 1. The second-order valence-corrected chi connectivity index (χ2v) is 9.01. The Kier molecular flexibility index (Phi) is 5.89. The summed E-state index contributed by atoms with van der Waals surface area (Å²) in [6.45, 7) is 2.40. The minimum atomic E-state index is -4.25. The van der Waals surface area contributed by atoms with Crippen LogP contribution >= 0.6 is 0 Å². The molecular weight excluding hydrogens is 444 g/mol. The van der Waals surface area contributed by atoms with E-state index in [1.807, 2.05) is 6.92 Å². The van der Waals surface area contributed by atoms with Crippen LogP contribution in [0, 0.1) is 0 Å². The Morgan fingerprint density at radius 3 is 2.39 bits per heavy atom. The first-order valence-electron chi connectivity index (χ1n) is 10.0. The first kappa shape index (κ1) is 22.1. The van der Waals surface area contributed by atoms with E-state index in [-0.39, 0.29) is 21.4 Å². The lowest BCUT2D eigenvalue weighted by Gasteiger charge is -2.10. The van der Waals surface area contributed by atoms with Gasteiger partial charge < -0.3 is 20.1 Å². The summed E-state index contributed by atoms with van der Waals surface area (Å²) >= 11 is 0. The van der Waals surface area contributed by atoms with Crippen LogP contribution in [0.4, 0.5) is 5.69 Å². The van der Waals surface area contributed by atoms with E-state index < -0.39 is 31.9 Å². The fraction of sp³-hybridized carbons (Fsp3) is 0.0833. The molecule has 1 aromatic heterocycles. The number of rotatable bonds is 6. The summed E-state index contributed by atoms with van der Waals surface area (Å²) < 4.78 is 31.2. The molecule has 0 aliphatic rings. The Hall–Kier alpha value is -4.11. The maximum Gasteiger partial charge on any atom is 0.271 e. The Bertz CT molecular complexity index is 1490. The van der Waals surface area contributed by atoms with Crippen molar-refractivity contribution >= 4 is 32.3 Å². The second-order valence-electron chi connectivity index (χ2n) is 7.12. The summed E-state index contributed by atoms with van der Waals surface area (Å²) in [7, 11) is -4.25. The quantitative estimate of drug-likeness (QED) is 0.399. The SMILES string of the molecule is CCOc1ccc(NC(=O)c2ccc3c(O)c(S(=O)(=O)c4ccccc4)c(=O)[nH]c3c2)cc1. The molecule has 0 atom stereocenters. The lowest BCUT2D eigenvalue weighted by molar-refractivity contribution is 0.102. The summed E-state index contributed by atoms with van der Waals surface area (Å²) in [5.74, 6) is -0.436. The normalized spacial score (nSPS) is 11.3. The summed E-state index contributed by atoms with van der Waals surface area (Å²) in [6.07, 6.45) is 0. The highest BCUT2D eigenvalue weighted by Gasteiger charge is 2.27. The second kappa shape index (κ2) is 8.79. The van der Waals surface area contributed by atoms with E-state index in [0.717, 1.165) is 0 Å². The molecule has 0 aliphatic heterocycles. The molecule has 0 aliphatic carbocycles. The van der Waals surface area contributed by atoms with Gasteiger partial charge >= 0.3 is 0 Å². The smallest absolute Gasteiger partial charge is 0.271 e.